The minimum absolute atomic E-state index is 0.416. The maximum absolute atomic E-state index is 8.93. The molecular weight excluding hydrogens is 252 g/mol. The molecule has 4 nitrogen and oxygen atoms in total. The quantitative estimate of drug-likeness (QED) is 0.846. The van der Waals surface area contributed by atoms with Gasteiger partial charge in [-0.3, -0.25) is 0 Å². The van der Waals surface area contributed by atoms with Crippen molar-refractivity contribution in [1.82, 2.24) is 0 Å². The van der Waals surface area contributed by atoms with Crippen molar-refractivity contribution in [2.75, 3.05) is 19.5 Å². The van der Waals surface area contributed by atoms with Gasteiger partial charge in [0, 0.05) is 18.9 Å². The Balaban J connectivity index is 2.08. The summed E-state index contributed by atoms with van der Waals surface area (Å²) in [5.41, 5.74) is 7.73. The van der Waals surface area contributed by atoms with Crippen LogP contribution in [0.4, 0.5) is 5.69 Å². The summed E-state index contributed by atoms with van der Waals surface area (Å²) in [6.45, 7) is 0.698. The van der Waals surface area contributed by atoms with E-state index >= 15 is 0 Å². The molecule has 0 unspecified atom stereocenters. The van der Waals surface area contributed by atoms with E-state index in [1.807, 2.05) is 30.3 Å². The summed E-state index contributed by atoms with van der Waals surface area (Å²) in [6, 6.07) is 14.9. The van der Waals surface area contributed by atoms with Crippen LogP contribution in [0.3, 0.4) is 0 Å². The second kappa shape index (κ2) is 6.60. The zero-order chi connectivity index (χ0) is 14.4. The van der Waals surface area contributed by atoms with E-state index in [2.05, 4.69) is 0 Å². The van der Waals surface area contributed by atoms with Gasteiger partial charge in [0.25, 0.3) is 0 Å². The standard InChI is InChI=1S/C16H16N2O2/c1-19-9-8-12-2-4-14(5-3-12)20-15-6-7-16(18)13(10-15)11-17/h2-7,10H,8-9,18H2,1H3. The van der Waals surface area contributed by atoms with Crippen LogP contribution in [0.1, 0.15) is 11.1 Å². The van der Waals surface area contributed by atoms with E-state index in [0.717, 1.165) is 12.2 Å². The Bertz CT molecular complexity index is 615. The van der Waals surface area contributed by atoms with Gasteiger partial charge in [-0.15, -0.1) is 0 Å². The van der Waals surface area contributed by atoms with Crippen molar-refractivity contribution >= 4 is 5.69 Å². The number of benzene rings is 2. The molecule has 2 aromatic rings. The van der Waals surface area contributed by atoms with Crippen molar-refractivity contribution in [3.05, 3.63) is 53.6 Å². The van der Waals surface area contributed by atoms with Crippen LogP contribution in [0.2, 0.25) is 0 Å². The van der Waals surface area contributed by atoms with Gasteiger partial charge in [0.15, 0.2) is 0 Å². The maximum Gasteiger partial charge on any atom is 0.128 e. The van der Waals surface area contributed by atoms with Gasteiger partial charge in [-0.25, -0.2) is 0 Å². The minimum Gasteiger partial charge on any atom is -0.457 e. The number of ether oxygens (including phenoxy) is 2. The lowest BCUT2D eigenvalue weighted by Gasteiger charge is -2.08. The Hall–Kier alpha value is -2.51. The van der Waals surface area contributed by atoms with Crippen LogP contribution in [0.5, 0.6) is 11.5 Å². The van der Waals surface area contributed by atoms with Crippen molar-refractivity contribution < 1.29 is 9.47 Å². The largest absolute Gasteiger partial charge is 0.457 e. The van der Waals surface area contributed by atoms with Crippen LogP contribution in [-0.4, -0.2) is 13.7 Å². The normalized spacial score (nSPS) is 10.0. The summed E-state index contributed by atoms with van der Waals surface area (Å²) in [6.07, 6.45) is 0.872. The molecule has 0 aliphatic carbocycles. The third-order valence-electron chi connectivity index (χ3n) is 2.90. The molecule has 2 aromatic carbocycles. The SMILES string of the molecule is COCCc1ccc(Oc2ccc(N)c(C#N)c2)cc1. The van der Waals surface area contributed by atoms with Crippen molar-refractivity contribution in [2.45, 2.75) is 6.42 Å². The van der Waals surface area contributed by atoms with Crippen LogP contribution in [-0.2, 0) is 11.2 Å². The first kappa shape index (κ1) is 13.9. The summed E-state index contributed by atoms with van der Waals surface area (Å²) in [4.78, 5) is 0. The summed E-state index contributed by atoms with van der Waals surface area (Å²) < 4.78 is 10.7. The van der Waals surface area contributed by atoms with Crippen molar-refractivity contribution in [1.29, 1.82) is 5.26 Å². The fraction of sp³-hybridized carbons (Fsp3) is 0.188. The van der Waals surface area contributed by atoms with Gasteiger partial charge < -0.3 is 15.2 Å². The average Bonchev–Trinajstić information content (AvgIpc) is 2.48. The van der Waals surface area contributed by atoms with Gasteiger partial charge >= 0.3 is 0 Å². The lowest BCUT2D eigenvalue weighted by Crippen LogP contribution is -1.94. The van der Waals surface area contributed by atoms with Crippen LogP contribution in [0.25, 0.3) is 0 Å². The van der Waals surface area contributed by atoms with E-state index in [0.29, 0.717) is 23.6 Å². The van der Waals surface area contributed by atoms with Crippen molar-refractivity contribution in [3.8, 4) is 17.6 Å². The molecule has 0 spiro atoms. The third-order valence-corrected chi connectivity index (χ3v) is 2.90. The Morgan fingerprint density at radius 3 is 2.45 bits per heavy atom. The van der Waals surface area contributed by atoms with Crippen molar-refractivity contribution in [2.24, 2.45) is 0 Å². The molecule has 0 saturated carbocycles. The van der Waals surface area contributed by atoms with Crippen LogP contribution >= 0.6 is 0 Å². The average molecular weight is 268 g/mol. The van der Waals surface area contributed by atoms with Crippen LogP contribution in [0, 0.1) is 11.3 Å². The Labute approximate surface area is 118 Å². The molecule has 0 aliphatic rings. The molecule has 0 aromatic heterocycles. The number of methoxy groups -OCH3 is 1. The van der Waals surface area contributed by atoms with Crippen LogP contribution < -0.4 is 10.5 Å². The Kier molecular flexibility index (Phi) is 4.59. The second-order valence-electron chi connectivity index (χ2n) is 4.35. The molecule has 0 radical (unpaired) electrons. The zero-order valence-electron chi connectivity index (χ0n) is 11.3. The van der Waals surface area contributed by atoms with E-state index in [4.69, 9.17) is 20.5 Å². The second-order valence-corrected chi connectivity index (χ2v) is 4.35. The van der Waals surface area contributed by atoms with Gasteiger partial charge in [0.1, 0.15) is 17.6 Å². The number of nitriles is 1. The monoisotopic (exact) mass is 268 g/mol. The van der Waals surface area contributed by atoms with Gasteiger partial charge in [-0.2, -0.15) is 5.26 Å². The lowest BCUT2D eigenvalue weighted by molar-refractivity contribution is 0.202. The molecule has 0 aliphatic heterocycles. The number of anilines is 1. The summed E-state index contributed by atoms with van der Waals surface area (Å²) in [5.74, 6) is 1.32. The smallest absolute Gasteiger partial charge is 0.128 e. The Morgan fingerprint density at radius 2 is 1.80 bits per heavy atom. The molecule has 2 N–H and O–H groups in total. The minimum atomic E-state index is 0.416. The number of nitrogens with two attached hydrogens (primary N) is 1. The molecule has 0 heterocycles. The highest BCUT2D eigenvalue weighted by Crippen LogP contribution is 2.25. The molecule has 0 amide bonds. The molecule has 20 heavy (non-hydrogen) atoms. The lowest BCUT2D eigenvalue weighted by atomic mass is 10.1. The van der Waals surface area contributed by atoms with E-state index in [-0.39, 0.29) is 0 Å². The molecule has 0 fully saturated rings. The van der Waals surface area contributed by atoms with Gasteiger partial charge in [0.2, 0.25) is 0 Å². The first-order valence-electron chi connectivity index (χ1n) is 6.28. The van der Waals surface area contributed by atoms with E-state index in [1.54, 1.807) is 25.3 Å². The summed E-state index contributed by atoms with van der Waals surface area (Å²) >= 11 is 0. The van der Waals surface area contributed by atoms with E-state index in [1.165, 1.54) is 5.56 Å². The number of nitrogen functional groups attached to an aromatic ring is 1. The highest BCUT2D eigenvalue weighted by Gasteiger charge is 2.03. The fourth-order valence-corrected chi connectivity index (χ4v) is 1.78. The number of rotatable bonds is 5. The first-order valence-corrected chi connectivity index (χ1v) is 6.28. The van der Waals surface area contributed by atoms with Gasteiger partial charge in [-0.1, -0.05) is 12.1 Å². The molecule has 0 saturated heterocycles. The van der Waals surface area contributed by atoms with Crippen molar-refractivity contribution in [3.63, 3.8) is 0 Å². The predicted molar refractivity (Wildman–Crippen MR) is 77.7 cm³/mol. The molecule has 102 valence electrons. The molecule has 2 rings (SSSR count). The third kappa shape index (κ3) is 3.50. The number of nitrogens with zero attached hydrogens (tertiary/aromatic N) is 1. The van der Waals surface area contributed by atoms with Gasteiger partial charge in [-0.05, 0) is 36.2 Å². The predicted octanol–water partition coefficient (Wildman–Crippen LogP) is 3.12. The Morgan fingerprint density at radius 1 is 1.10 bits per heavy atom. The summed E-state index contributed by atoms with van der Waals surface area (Å²) in [7, 11) is 1.69. The molecular formula is C16H16N2O2. The van der Waals surface area contributed by atoms with E-state index in [9.17, 15) is 0 Å². The molecule has 0 bridgehead atoms. The maximum atomic E-state index is 8.93. The number of hydrogen-bond acceptors (Lipinski definition) is 4. The molecule has 0 atom stereocenters. The van der Waals surface area contributed by atoms with E-state index < -0.39 is 0 Å². The van der Waals surface area contributed by atoms with Crippen LogP contribution in [0.15, 0.2) is 42.5 Å². The highest BCUT2D eigenvalue weighted by molar-refractivity contribution is 5.57. The topological polar surface area (TPSA) is 68.3 Å². The fourth-order valence-electron chi connectivity index (χ4n) is 1.78. The number of hydrogen-bond donors (Lipinski definition) is 1. The zero-order valence-corrected chi connectivity index (χ0v) is 11.3. The highest BCUT2D eigenvalue weighted by atomic mass is 16.5. The first-order chi connectivity index (χ1) is 9.72. The van der Waals surface area contributed by atoms with Gasteiger partial charge in [0.05, 0.1) is 12.2 Å². The summed E-state index contributed by atoms with van der Waals surface area (Å²) in [5, 5.41) is 8.93. The molecule has 4 heteroatoms.